The minimum atomic E-state index is -4.22. The topological polar surface area (TPSA) is 34.2 Å². The number of hydrogen-bond donors (Lipinski definition) is 0. The van der Waals surface area contributed by atoms with E-state index in [4.69, 9.17) is 14.2 Å². The molecular weight excluding hydrogens is 481 g/mol. The van der Waals surface area contributed by atoms with Gasteiger partial charge in [-0.15, -0.1) is 0 Å². The van der Waals surface area contributed by atoms with Crippen LogP contribution in [0, 0.1) is 6.92 Å². The highest BCUT2D eigenvalue weighted by molar-refractivity contribution is 5.56. The van der Waals surface area contributed by atoms with E-state index in [9.17, 15) is 13.2 Å². The molecule has 5 nitrogen and oxygen atoms in total. The van der Waals surface area contributed by atoms with Crippen LogP contribution in [0.15, 0.2) is 12.1 Å². The first kappa shape index (κ1) is 27.6. The lowest BCUT2D eigenvalue weighted by atomic mass is 9.88. The van der Waals surface area contributed by atoms with Gasteiger partial charge in [0.2, 0.25) is 6.79 Å². The Kier molecular flexibility index (Phi) is 8.29. The molecule has 0 aliphatic carbocycles. The molecule has 0 saturated heterocycles. The van der Waals surface area contributed by atoms with E-state index in [0.29, 0.717) is 36.8 Å². The van der Waals surface area contributed by atoms with E-state index in [1.807, 2.05) is 13.0 Å². The molecule has 2 aliphatic rings. The summed E-state index contributed by atoms with van der Waals surface area (Å²) in [6, 6.07) is 4.27. The second-order valence-electron chi connectivity index (χ2n) is 10.6. The van der Waals surface area contributed by atoms with Gasteiger partial charge in [-0.25, -0.2) is 0 Å². The third-order valence-electron chi connectivity index (χ3n) is 7.49. The Bertz CT molecular complexity index is 1130. The molecule has 8 heteroatoms. The monoisotopic (exact) mass is 520 g/mol. The molecule has 0 atom stereocenters. The molecule has 2 aromatic carbocycles. The fraction of sp³-hybridized carbons (Fsp3) is 0.586. The standard InChI is InChI=1S/C29H39F3N2O3/c1-7-22-25(13-21-9-11-34(16-29(30,31)32)15-24(21)27(22)35-6)36-17-37-28-23-14-33(5)10-8-20(23)12-19(4)26(28)18(2)3/h12-13,18H,7-11,14-17H2,1-6H3. The number of ether oxygens (including phenoxy) is 3. The van der Waals surface area contributed by atoms with Gasteiger partial charge in [-0.3, -0.25) is 4.90 Å². The Hall–Kier alpha value is -2.45. The highest BCUT2D eigenvalue weighted by atomic mass is 19.4. The van der Waals surface area contributed by atoms with E-state index in [0.717, 1.165) is 42.0 Å². The molecule has 0 spiro atoms. The maximum Gasteiger partial charge on any atom is 0.401 e. The zero-order chi connectivity index (χ0) is 26.9. The highest BCUT2D eigenvalue weighted by Gasteiger charge is 2.34. The van der Waals surface area contributed by atoms with E-state index >= 15 is 0 Å². The van der Waals surface area contributed by atoms with Gasteiger partial charge in [-0.2, -0.15) is 13.2 Å². The number of halogens is 3. The van der Waals surface area contributed by atoms with Crippen LogP contribution in [0.3, 0.4) is 0 Å². The van der Waals surface area contributed by atoms with Gasteiger partial charge in [0.15, 0.2) is 0 Å². The van der Waals surface area contributed by atoms with Crippen LogP contribution >= 0.6 is 0 Å². The number of likely N-dealkylation sites (N-methyl/N-ethyl adjacent to an activating group) is 1. The van der Waals surface area contributed by atoms with Crippen molar-refractivity contribution in [1.82, 2.24) is 9.80 Å². The average molecular weight is 521 g/mol. The van der Waals surface area contributed by atoms with Crippen molar-refractivity contribution in [3.8, 4) is 17.2 Å². The number of fused-ring (bicyclic) bond motifs is 2. The summed E-state index contributed by atoms with van der Waals surface area (Å²) in [7, 11) is 3.70. The maximum absolute atomic E-state index is 13.0. The molecule has 0 saturated carbocycles. The van der Waals surface area contributed by atoms with Crippen molar-refractivity contribution in [3.63, 3.8) is 0 Å². The molecule has 0 bridgehead atoms. The van der Waals surface area contributed by atoms with Gasteiger partial charge in [0.1, 0.15) is 17.2 Å². The Balaban J connectivity index is 1.60. The molecule has 0 radical (unpaired) electrons. The van der Waals surface area contributed by atoms with Crippen molar-refractivity contribution in [2.24, 2.45) is 0 Å². The Morgan fingerprint density at radius 2 is 1.65 bits per heavy atom. The molecule has 4 rings (SSSR count). The van der Waals surface area contributed by atoms with Gasteiger partial charge in [0.25, 0.3) is 0 Å². The van der Waals surface area contributed by atoms with Crippen molar-refractivity contribution in [2.45, 2.75) is 72.1 Å². The van der Waals surface area contributed by atoms with Crippen molar-refractivity contribution >= 4 is 0 Å². The Morgan fingerprint density at radius 1 is 0.973 bits per heavy atom. The van der Waals surface area contributed by atoms with Gasteiger partial charge in [0.05, 0.1) is 13.7 Å². The van der Waals surface area contributed by atoms with Gasteiger partial charge in [0, 0.05) is 48.4 Å². The molecule has 0 amide bonds. The summed E-state index contributed by atoms with van der Waals surface area (Å²) in [6.07, 6.45) is -2.09. The smallest absolute Gasteiger partial charge is 0.401 e. The minimum absolute atomic E-state index is 0.0501. The maximum atomic E-state index is 13.0. The lowest BCUT2D eigenvalue weighted by Gasteiger charge is -2.32. The van der Waals surface area contributed by atoms with Crippen LogP contribution in [0.1, 0.15) is 65.6 Å². The normalized spacial score (nSPS) is 16.5. The molecule has 204 valence electrons. The molecule has 37 heavy (non-hydrogen) atoms. The SMILES string of the molecule is CCc1c(OCOc2c3c(cc(C)c2C(C)C)CCN(C)C3)cc2c(c1OC)CN(CC(F)(F)F)CC2. The van der Waals surface area contributed by atoms with Gasteiger partial charge in [-0.1, -0.05) is 26.8 Å². The third kappa shape index (κ3) is 6.01. The third-order valence-corrected chi connectivity index (χ3v) is 7.49. The predicted octanol–water partition coefficient (Wildman–Crippen LogP) is 6.01. The first-order chi connectivity index (χ1) is 17.5. The molecule has 2 aromatic rings. The number of alkyl halides is 3. The number of nitrogens with zero attached hydrogens (tertiary/aromatic N) is 2. The van der Waals surface area contributed by atoms with E-state index in [1.165, 1.54) is 27.2 Å². The Morgan fingerprint density at radius 3 is 2.30 bits per heavy atom. The first-order valence-electron chi connectivity index (χ1n) is 13.1. The largest absolute Gasteiger partial charge is 0.496 e. The molecule has 0 aromatic heterocycles. The van der Waals surface area contributed by atoms with Crippen molar-refractivity contribution in [2.75, 3.05) is 40.6 Å². The second-order valence-corrected chi connectivity index (χ2v) is 10.6. The summed E-state index contributed by atoms with van der Waals surface area (Å²) < 4.78 is 57.4. The minimum Gasteiger partial charge on any atom is -0.496 e. The lowest BCUT2D eigenvalue weighted by Crippen LogP contribution is -2.38. The van der Waals surface area contributed by atoms with Crippen molar-refractivity contribution in [3.05, 3.63) is 51.1 Å². The van der Waals surface area contributed by atoms with E-state index in [-0.39, 0.29) is 13.3 Å². The molecule has 2 heterocycles. The molecule has 0 fully saturated rings. The van der Waals surface area contributed by atoms with Crippen LogP contribution in [0.25, 0.3) is 0 Å². The van der Waals surface area contributed by atoms with Crippen LogP contribution in [0.2, 0.25) is 0 Å². The van der Waals surface area contributed by atoms with E-state index < -0.39 is 12.7 Å². The zero-order valence-corrected chi connectivity index (χ0v) is 22.8. The summed E-state index contributed by atoms with van der Waals surface area (Å²) in [4.78, 5) is 3.74. The number of benzene rings is 2. The molecular formula is C29H39F3N2O3. The van der Waals surface area contributed by atoms with Crippen LogP contribution < -0.4 is 14.2 Å². The van der Waals surface area contributed by atoms with Crippen molar-refractivity contribution < 1.29 is 27.4 Å². The quantitative estimate of drug-likeness (QED) is 0.398. The summed E-state index contributed by atoms with van der Waals surface area (Å²) in [5, 5.41) is 0. The fourth-order valence-electron chi connectivity index (χ4n) is 5.85. The summed E-state index contributed by atoms with van der Waals surface area (Å²) in [5.41, 5.74) is 7.66. The van der Waals surface area contributed by atoms with Crippen molar-refractivity contribution in [1.29, 1.82) is 0 Å². The number of hydrogen-bond acceptors (Lipinski definition) is 5. The zero-order valence-electron chi connectivity index (χ0n) is 22.8. The Labute approximate surface area is 218 Å². The van der Waals surface area contributed by atoms with Crippen LogP contribution in [-0.2, 0) is 32.4 Å². The predicted molar refractivity (Wildman–Crippen MR) is 139 cm³/mol. The first-order valence-corrected chi connectivity index (χ1v) is 13.1. The van der Waals surface area contributed by atoms with Gasteiger partial charge < -0.3 is 19.1 Å². The second kappa shape index (κ2) is 11.1. The van der Waals surface area contributed by atoms with Gasteiger partial charge >= 0.3 is 6.18 Å². The summed E-state index contributed by atoms with van der Waals surface area (Å²) in [6.45, 7) is 10.1. The lowest BCUT2D eigenvalue weighted by molar-refractivity contribution is -0.147. The van der Waals surface area contributed by atoms with Crippen LogP contribution in [-0.4, -0.2) is 56.6 Å². The number of aryl methyl sites for hydroxylation is 1. The number of methoxy groups -OCH3 is 1. The molecule has 0 unspecified atom stereocenters. The molecule has 2 aliphatic heterocycles. The van der Waals surface area contributed by atoms with Gasteiger partial charge in [-0.05, 0) is 61.9 Å². The summed E-state index contributed by atoms with van der Waals surface area (Å²) in [5.74, 6) is 2.52. The average Bonchev–Trinajstić information content (AvgIpc) is 2.82. The number of rotatable bonds is 8. The van der Waals surface area contributed by atoms with Crippen LogP contribution in [0.5, 0.6) is 17.2 Å². The summed E-state index contributed by atoms with van der Waals surface area (Å²) >= 11 is 0. The van der Waals surface area contributed by atoms with E-state index in [1.54, 1.807) is 7.11 Å². The fourth-order valence-corrected chi connectivity index (χ4v) is 5.85. The van der Waals surface area contributed by atoms with Crippen LogP contribution in [0.4, 0.5) is 13.2 Å². The highest BCUT2D eigenvalue weighted by Crippen LogP contribution is 2.41. The molecule has 0 N–H and O–H groups in total. The van der Waals surface area contributed by atoms with E-state index in [2.05, 4.69) is 38.8 Å².